The molecular formula is C14H14N4OS. The number of fused-ring (bicyclic) bond motifs is 2. The molecule has 0 saturated heterocycles. The second kappa shape index (κ2) is 4.57. The lowest BCUT2D eigenvalue weighted by Gasteiger charge is -2.13. The van der Waals surface area contributed by atoms with E-state index in [0.717, 1.165) is 23.7 Å². The molecule has 1 aliphatic heterocycles. The van der Waals surface area contributed by atoms with Crippen molar-refractivity contribution in [1.29, 1.82) is 0 Å². The van der Waals surface area contributed by atoms with Gasteiger partial charge in [0.2, 0.25) is 0 Å². The van der Waals surface area contributed by atoms with Gasteiger partial charge in [0.05, 0.1) is 41.8 Å². The third-order valence-corrected chi connectivity index (χ3v) is 4.70. The minimum absolute atomic E-state index is 0.120. The number of anilines is 1. The van der Waals surface area contributed by atoms with Gasteiger partial charge in [0.25, 0.3) is 0 Å². The molecule has 4 rings (SSSR count). The quantitative estimate of drug-likeness (QED) is 0.800. The first-order valence-electron chi connectivity index (χ1n) is 6.60. The molecule has 102 valence electrons. The van der Waals surface area contributed by atoms with Crippen molar-refractivity contribution in [3.63, 3.8) is 0 Å². The number of rotatable bonds is 3. The molecule has 3 aromatic rings. The Morgan fingerprint density at radius 3 is 3.00 bits per heavy atom. The highest BCUT2D eigenvalue weighted by Crippen LogP contribution is 2.34. The summed E-state index contributed by atoms with van der Waals surface area (Å²) in [5.74, 6) is 0. The predicted octanol–water partition coefficient (Wildman–Crippen LogP) is 2.01. The van der Waals surface area contributed by atoms with Gasteiger partial charge in [-0.1, -0.05) is 23.5 Å². The summed E-state index contributed by atoms with van der Waals surface area (Å²) in [5, 5.41) is 14.4. The van der Waals surface area contributed by atoms with Crippen LogP contribution in [-0.2, 0) is 19.6 Å². The van der Waals surface area contributed by atoms with E-state index in [4.69, 9.17) is 10.1 Å². The van der Waals surface area contributed by atoms with Crippen molar-refractivity contribution in [3.8, 4) is 0 Å². The van der Waals surface area contributed by atoms with Gasteiger partial charge in [-0.2, -0.15) is 5.10 Å². The molecular weight excluding hydrogens is 272 g/mol. The van der Waals surface area contributed by atoms with Crippen molar-refractivity contribution >= 4 is 26.7 Å². The van der Waals surface area contributed by atoms with Crippen molar-refractivity contribution in [2.24, 2.45) is 0 Å². The Balaban J connectivity index is 1.65. The molecule has 0 bridgehead atoms. The lowest BCUT2D eigenvalue weighted by atomic mass is 10.3. The molecule has 1 aliphatic rings. The summed E-state index contributed by atoms with van der Waals surface area (Å²) in [4.78, 5) is 6.97. The summed E-state index contributed by atoms with van der Waals surface area (Å²) < 4.78 is 3.11. The van der Waals surface area contributed by atoms with Gasteiger partial charge in [0, 0.05) is 12.1 Å². The van der Waals surface area contributed by atoms with Gasteiger partial charge >= 0.3 is 0 Å². The monoisotopic (exact) mass is 286 g/mol. The number of para-hydroxylation sites is 1. The second-order valence-electron chi connectivity index (χ2n) is 4.88. The molecule has 0 unspecified atom stereocenters. The van der Waals surface area contributed by atoms with Crippen molar-refractivity contribution in [1.82, 2.24) is 14.8 Å². The minimum atomic E-state index is 0.120. The molecule has 6 heteroatoms. The van der Waals surface area contributed by atoms with Crippen LogP contribution in [0, 0.1) is 0 Å². The Kier molecular flexibility index (Phi) is 2.71. The third kappa shape index (κ3) is 1.80. The van der Waals surface area contributed by atoms with Crippen LogP contribution in [0.1, 0.15) is 11.3 Å². The van der Waals surface area contributed by atoms with Crippen LogP contribution in [0.4, 0.5) is 5.13 Å². The summed E-state index contributed by atoms with van der Waals surface area (Å²) in [6.07, 6.45) is 1.90. The molecule has 3 heterocycles. The number of thiazole rings is 1. The fraction of sp³-hybridized carbons (Fsp3) is 0.286. The number of aromatic nitrogens is 3. The number of nitrogens with zero attached hydrogens (tertiary/aromatic N) is 4. The van der Waals surface area contributed by atoms with Crippen LogP contribution >= 0.6 is 11.3 Å². The molecule has 0 amide bonds. The average molecular weight is 286 g/mol. The van der Waals surface area contributed by atoms with Gasteiger partial charge in [-0.05, 0) is 12.1 Å². The Morgan fingerprint density at radius 1 is 1.25 bits per heavy atom. The van der Waals surface area contributed by atoms with Gasteiger partial charge in [0.1, 0.15) is 0 Å². The van der Waals surface area contributed by atoms with E-state index in [0.29, 0.717) is 6.54 Å². The molecule has 2 aromatic heterocycles. The molecule has 0 saturated carbocycles. The van der Waals surface area contributed by atoms with Gasteiger partial charge < -0.3 is 10.0 Å². The lowest BCUT2D eigenvalue weighted by molar-refractivity contribution is 0.267. The molecule has 0 radical (unpaired) electrons. The number of benzene rings is 1. The normalized spacial score (nSPS) is 14.2. The van der Waals surface area contributed by atoms with Gasteiger partial charge in [-0.15, -0.1) is 0 Å². The van der Waals surface area contributed by atoms with E-state index < -0.39 is 0 Å². The Bertz CT molecular complexity index is 730. The highest BCUT2D eigenvalue weighted by atomic mass is 32.1. The third-order valence-electron chi connectivity index (χ3n) is 3.60. The molecule has 20 heavy (non-hydrogen) atoms. The predicted molar refractivity (Wildman–Crippen MR) is 78.8 cm³/mol. The first-order chi connectivity index (χ1) is 9.85. The number of aliphatic hydroxyl groups excluding tert-OH is 1. The van der Waals surface area contributed by atoms with E-state index in [1.807, 2.05) is 29.1 Å². The van der Waals surface area contributed by atoms with E-state index in [1.54, 1.807) is 11.3 Å². The molecule has 1 aromatic carbocycles. The fourth-order valence-electron chi connectivity index (χ4n) is 2.62. The first-order valence-corrected chi connectivity index (χ1v) is 7.42. The molecule has 0 fully saturated rings. The average Bonchev–Trinajstić information content (AvgIpc) is 3.12. The maximum atomic E-state index is 9.06. The van der Waals surface area contributed by atoms with E-state index in [-0.39, 0.29) is 6.61 Å². The zero-order valence-electron chi connectivity index (χ0n) is 10.9. The van der Waals surface area contributed by atoms with E-state index in [9.17, 15) is 0 Å². The highest BCUT2D eigenvalue weighted by Gasteiger charge is 2.25. The number of hydrogen-bond acceptors (Lipinski definition) is 5. The lowest BCUT2D eigenvalue weighted by Crippen LogP contribution is -2.17. The second-order valence-corrected chi connectivity index (χ2v) is 5.89. The smallest absolute Gasteiger partial charge is 0.187 e. The SMILES string of the molecule is OCCn1ncc2c1CN(c1nc3ccccc3s1)C2. The van der Waals surface area contributed by atoms with E-state index in [1.165, 1.54) is 16.0 Å². The molecule has 0 aliphatic carbocycles. The van der Waals surface area contributed by atoms with Crippen LogP contribution in [0.2, 0.25) is 0 Å². The molecule has 0 spiro atoms. The standard InChI is InChI=1S/C14H14N4OS/c19-6-5-18-12-9-17(8-10(12)7-15-18)14-16-11-3-1-2-4-13(11)20-14/h1-4,7,19H,5-6,8-9H2. The topological polar surface area (TPSA) is 54.2 Å². The van der Waals surface area contributed by atoms with Crippen LogP contribution in [0.25, 0.3) is 10.2 Å². The highest BCUT2D eigenvalue weighted by molar-refractivity contribution is 7.22. The molecule has 5 nitrogen and oxygen atoms in total. The zero-order valence-corrected chi connectivity index (χ0v) is 11.7. The van der Waals surface area contributed by atoms with Crippen LogP contribution in [0.5, 0.6) is 0 Å². The molecule has 1 N–H and O–H groups in total. The van der Waals surface area contributed by atoms with Crippen LogP contribution in [-0.4, -0.2) is 26.5 Å². The van der Waals surface area contributed by atoms with Gasteiger partial charge in [0.15, 0.2) is 5.13 Å². The Morgan fingerprint density at radius 2 is 2.15 bits per heavy atom. The van der Waals surface area contributed by atoms with Crippen LogP contribution < -0.4 is 4.90 Å². The summed E-state index contributed by atoms with van der Waals surface area (Å²) in [7, 11) is 0. The van der Waals surface area contributed by atoms with Gasteiger partial charge in [-0.25, -0.2) is 4.98 Å². The Labute approximate surface area is 120 Å². The van der Waals surface area contributed by atoms with Crippen molar-refractivity contribution in [2.75, 3.05) is 11.5 Å². The number of aliphatic hydroxyl groups is 1. The minimum Gasteiger partial charge on any atom is -0.394 e. The summed E-state index contributed by atoms with van der Waals surface area (Å²) in [5.41, 5.74) is 3.48. The van der Waals surface area contributed by atoms with Crippen molar-refractivity contribution in [2.45, 2.75) is 19.6 Å². The van der Waals surface area contributed by atoms with Crippen molar-refractivity contribution < 1.29 is 5.11 Å². The summed E-state index contributed by atoms with van der Waals surface area (Å²) in [6, 6.07) is 8.21. The first kappa shape index (κ1) is 11.9. The largest absolute Gasteiger partial charge is 0.394 e. The van der Waals surface area contributed by atoms with E-state index >= 15 is 0 Å². The summed E-state index contributed by atoms with van der Waals surface area (Å²) >= 11 is 1.72. The van der Waals surface area contributed by atoms with Crippen molar-refractivity contribution in [3.05, 3.63) is 41.7 Å². The van der Waals surface area contributed by atoms with Crippen LogP contribution in [0.15, 0.2) is 30.5 Å². The zero-order chi connectivity index (χ0) is 13.5. The summed E-state index contributed by atoms with van der Waals surface area (Å²) in [6.45, 7) is 2.34. The number of hydrogen-bond donors (Lipinski definition) is 1. The maximum absolute atomic E-state index is 9.06. The Hall–Kier alpha value is -1.92. The molecule has 0 atom stereocenters. The maximum Gasteiger partial charge on any atom is 0.187 e. The van der Waals surface area contributed by atoms with Crippen LogP contribution in [0.3, 0.4) is 0 Å². The van der Waals surface area contributed by atoms with Gasteiger partial charge in [-0.3, -0.25) is 4.68 Å². The van der Waals surface area contributed by atoms with E-state index in [2.05, 4.69) is 16.1 Å². The fourth-order valence-corrected chi connectivity index (χ4v) is 3.59.